The SMILES string of the molecule is CCNC(CCN1CCCSCC1)c1ccc(Br)cc1. The molecule has 1 aromatic carbocycles. The van der Waals surface area contributed by atoms with Crippen molar-refractivity contribution in [3.8, 4) is 0 Å². The van der Waals surface area contributed by atoms with Crippen LogP contribution in [0.3, 0.4) is 0 Å². The minimum absolute atomic E-state index is 0.476. The number of halogens is 1. The molecule has 0 bridgehead atoms. The van der Waals surface area contributed by atoms with Crippen molar-refractivity contribution in [3.63, 3.8) is 0 Å². The molecule has 2 rings (SSSR count). The van der Waals surface area contributed by atoms with Crippen molar-refractivity contribution < 1.29 is 0 Å². The second kappa shape index (κ2) is 9.08. The summed E-state index contributed by atoms with van der Waals surface area (Å²) in [6.07, 6.45) is 2.54. The van der Waals surface area contributed by atoms with Crippen molar-refractivity contribution in [2.45, 2.75) is 25.8 Å². The van der Waals surface area contributed by atoms with Gasteiger partial charge in [0.2, 0.25) is 0 Å². The van der Waals surface area contributed by atoms with E-state index in [1.54, 1.807) is 0 Å². The standard InChI is InChI=1S/C16H25BrN2S/c1-2-18-16(14-4-6-15(17)7-5-14)8-10-19-9-3-12-20-13-11-19/h4-7,16,18H,2-3,8-13H2,1H3. The third-order valence-corrected chi connectivity index (χ3v) is 5.35. The molecule has 1 unspecified atom stereocenters. The van der Waals surface area contributed by atoms with Crippen LogP contribution in [-0.4, -0.2) is 42.6 Å². The quantitative estimate of drug-likeness (QED) is 0.831. The van der Waals surface area contributed by atoms with E-state index in [9.17, 15) is 0 Å². The van der Waals surface area contributed by atoms with Gasteiger partial charge in [0, 0.05) is 22.8 Å². The maximum absolute atomic E-state index is 3.63. The van der Waals surface area contributed by atoms with Crippen LogP contribution in [0.4, 0.5) is 0 Å². The molecule has 1 saturated heterocycles. The molecule has 1 N–H and O–H groups in total. The summed E-state index contributed by atoms with van der Waals surface area (Å²) in [6.45, 7) is 6.94. The summed E-state index contributed by atoms with van der Waals surface area (Å²) >= 11 is 5.61. The van der Waals surface area contributed by atoms with Crippen molar-refractivity contribution in [1.29, 1.82) is 0 Å². The van der Waals surface area contributed by atoms with E-state index in [2.05, 4.69) is 69.1 Å². The third kappa shape index (κ3) is 5.40. The lowest BCUT2D eigenvalue weighted by Crippen LogP contribution is -2.31. The van der Waals surface area contributed by atoms with Crippen molar-refractivity contribution >= 4 is 27.7 Å². The highest BCUT2D eigenvalue weighted by Crippen LogP contribution is 2.20. The van der Waals surface area contributed by atoms with Gasteiger partial charge in [-0.2, -0.15) is 11.8 Å². The van der Waals surface area contributed by atoms with E-state index < -0.39 is 0 Å². The Kier molecular flexibility index (Phi) is 7.42. The number of nitrogens with one attached hydrogen (secondary N) is 1. The summed E-state index contributed by atoms with van der Waals surface area (Å²) in [7, 11) is 0. The van der Waals surface area contributed by atoms with Crippen molar-refractivity contribution in [3.05, 3.63) is 34.3 Å². The molecule has 2 nitrogen and oxygen atoms in total. The van der Waals surface area contributed by atoms with Gasteiger partial charge >= 0.3 is 0 Å². The van der Waals surface area contributed by atoms with Gasteiger partial charge in [0.25, 0.3) is 0 Å². The molecule has 1 aromatic rings. The van der Waals surface area contributed by atoms with Crippen LogP contribution in [0.25, 0.3) is 0 Å². The molecule has 112 valence electrons. The number of rotatable bonds is 6. The van der Waals surface area contributed by atoms with Crippen LogP contribution >= 0.6 is 27.7 Å². The van der Waals surface area contributed by atoms with E-state index in [0.717, 1.165) is 11.0 Å². The highest BCUT2D eigenvalue weighted by molar-refractivity contribution is 9.10. The van der Waals surface area contributed by atoms with E-state index in [1.165, 1.54) is 49.5 Å². The minimum atomic E-state index is 0.476. The Labute approximate surface area is 135 Å². The molecule has 0 amide bonds. The Balaban J connectivity index is 1.89. The van der Waals surface area contributed by atoms with Crippen LogP contribution in [0, 0.1) is 0 Å². The molecule has 1 aliphatic heterocycles. The van der Waals surface area contributed by atoms with Gasteiger partial charge in [-0.25, -0.2) is 0 Å². The second-order valence-corrected chi connectivity index (χ2v) is 7.40. The smallest absolute Gasteiger partial charge is 0.0332 e. The fourth-order valence-corrected chi connectivity index (χ4v) is 3.85. The molecule has 1 aliphatic rings. The Morgan fingerprint density at radius 2 is 2.05 bits per heavy atom. The average molecular weight is 357 g/mol. The largest absolute Gasteiger partial charge is 0.310 e. The molecular weight excluding hydrogens is 332 g/mol. The summed E-state index contributed by atoms with van der Waals surface area (Å²) in [4.78, 5) is 2.63. The summed E-state index contributed by atoms with van der Waals surface area (Å²) in [5.74, 6) is 2.63. The van der Waals surface area contributed by atoms with Gasteiger partial charge in [0.1, 0.15) is 0 Å². The molecule has 4 heteroatoms. The first kappa shape index (κ1) is 16.3. The molecule has 0 saturated carbocycles. The molecule has 0 aliphatic carbocycles. The zero-order valence-electron chi connectivity index (χ0n) is 12.3. The van der Waals surface area contributed by atoms with Gasteiger partial charge in [-0.1, -0.05) is 35.0 Å². The average Bonchev–Trinajstić information content (AvgIpc) is 2.73. The van der Waals surface area contributed by atoms with Gasteiger partial charge in [-0.15, -0.1) is 0 Å². The molecule has 0 radical (unpaired) electrons. The lowest BCUT2D eigenvalue weighted by Gasteiger charge is -2.24. The molecular formula is C16H25BrN2S. The van der Waals surface area contributed by atoms with Crippen LogP contribution in [0.15, 0.2) is 28.7 Å². The Hall–Kier alpha value is -0.0300. The minimum Gasteiger partial charge on any atom is -0.310 e. The number of thioether (sulfide) groups is 1. The summed E-state index contributed by atoms with van der Waals surface area (Å²) in [6, 6.07) is 9.22. The molecule has 1 fully saturated rings. The van der Waals surface area contributed by atoms with Gasteiger partial charge in [0.15, 0.2) is 0 Å². The van der Waals surface area contributed by atoms with E-state index in [4.69, 9.17) is 0 Å². The van der Waals surface area contributed by atoms with Crippen LogP contribution in [0.2, 0.25) is 0 Å². The molecule has 0 aromatic heterocycles. The lowest BCUT2D eigenvalue weighted by molar-refractivity contribution is 0.275. The molecule has 0 spiro atoms. The Morgan fingerprint density at radius 1 is 1.25 bits per heavy atom. The van der Waals surface area contributed by atoms with Gasteiger partial charge in [0.05, 0.1) is 0 Å². The lowest BCUT2D eigenvalue weighted by atomic mass is 10.0. The van der Waals surface area contributed by atoms with Crippen molar-refractivity contribution in [1.82, 2.24) is 10.2 Å². The van der Waals surface area contributed by atoms with Crippen LogP contribution in [0.5, 0.6) is 0 Å². The van der Waals surface area contributed by atoms with Crippen LogP contribution in [0.1, 0.15) is 31.4 Å². The molecule has 1 heterocycles. The van der Waals surface area contributed by atoms with E-state index in [-0.39, 0.29) is 0 Å². The number of benzene rings is 1. The second-order valence-electron chi connectivity index (χ2n) is 5.26. The molecule has 1 atom stereocenters. The first-order valence-corrected chi connectivity index (χ1v) is 9.53. The van der Waals surface area contributed by atoms with Gasteiger partial charge in [-0.05, 0) is 55.9 Å². The predicted molar refractivity (Wildman–Crippen MR) is 93.6 cm³/mol. The van der Waals surface area contributed by atoms with Gasteiger partial charge < -0.3 is 10.2 Å². The van der Waals surface area contributed by atoms with Crippen LogP contribution < -0.4 is 5.32 Å². The normalized spacial score (nSPS) is 18.7. The zero-order valence-corrected chi connectivity index (χ0v) is 14.7. The van der Waals surface area contributed by atoms with Crippen molar-refractivity contribution in [2.75, 3.05) is 37.7 Å². The highest BCUT2D eigenvalue weighted by atomic mass is 79.9. The number of nitrogens with zero attached hydrogens (tertiary/aromatic N) is 1. The first-order chi connectivity index (χ1) is 9.79. The maximum Gasteiger partial charge on any atom is 0.0332 e. The number of hydrogen-bond acceptors (Lipinski definition) is 3. The van der Waals surface area contributed by atoms with E-state index in [0.29, 0.717) is 6.04 Å². The third-order valence-electron chi connectivity index (χ3n) is 3.77. The molecule has 20 heavy (non-hydrogen) atoms. The first-order valence-electron chi connectivity index (χ1n) is 7.58. The zero-order chi connectivity index (χ0) is 14.2. The number of hydrogen-bond donors (Lipinski definition) is 1. The summed E-state index contributed by atoms with van der Waals surface area (Å²) in [5.41, 5.74) is 1.40. The van der Waals surface area contributed by atoms with Gasteiger partial charge in [-0.3, -0.25) is 0 Å². The fraction of sp³-hybridized carbons (Fsp3) is 0.625. The fourth-order valence-electron chi connectivity index (χ4n) is 2.66. The Bertz CT molecular complexity index is 375. The van der Waals surface area contributed by atoms with Crippen molar-refractivity contribution in [2.24, 2.45) is 0 Å². The highest BCUT2D eigenvalue weighted by Gasteiger charge is 2.14. The summed E-state index contributed by atoms with van der Waals surface area (Å²) in [5, 5.41) is 3.63. The topological polar surface area (TPSA) is 15.3 Å². The van der Waals surface area contributed by atoms with Crippen LogP contribution in [-0.2, 0) is 0 Å². The monoisotopic (exact) mass is 356 g/mol. The van der Waals surface area contributed by atoms with E-state index >= 15 is 0 Å². The maximum atomic E-state index is 3.63. The van der Waals surface area contributed by atoms with E-state index in [1.807, 2.05) is 0 Å². The Morgan fingerprint density at radius 3 is 2.80 bits per heavy atom. The predicted octanol–water partition coefficient (Wildman–Crippen LogP) is 3.93. The summed E-state index contributed by atoms with van der Waals surface area (Å²) < 4.78 is 1.15.